The number of anilines is 2. The number of amides is 1. The van der Waals surface area contributed by atoms with Gasteiger partial charge in [-0.1, -0.05) is 0 Å². The molecule has 1 N–H and O–H groups in total. The minimum absolute atomic E-state index is 0.00933. The molecule has 1 aromatic heterocycles. The number of aromatic nitrogens is 2. The van der Waals surface area contributed by atoms with Crippen LogP contribution in [0.4, 0.5) is 17.2 Å². The van der Waals surface area contributed by atoms with Crippen molar-refractivity contribution in [3.63, 3.8) is 0 Å². The zero-order chi connectivity index (χ0) is 17.8. The van der Waals surface area contributed by atoms with E-state index in [0.717, 1.165) is 31.7 Å². The fourth-order valence-electron chi connectivity index (χ4n) is 2.86. The number of hydrogen-bond donors (Lipinski definition) is 1. The van der Waals surface area contributed by atoms with Crippen molar-refractivity contribution in [2.24, 2.45) is 0 Å². The second kappa shape index (κ2) is 7.25. The van der Waals surface area contributed by atoms with E-state index in [4.69, 9.17) is 0 Å². The molecule has 1 saturated heterocycles. The Morgan fingerprint density at radius 3 is 2.64 bits per heavy atom. The van der Waals surface area contributed by atoms with Crippen LogP contribution >= 0.6 is 0 Å². The minimum Gasteiger partial charge on any atom is -0.357 e. The molecule has 0 unspecified atom stereocenters. The van der Waals surface area contributed by atoms with Crippen molar-refractivity contribution in [3.8, 4) is 0 Å². The molecule has 3 rings (SSSR count). The van der Waals surface area contributed by atoms with Crippen LogP contribution in [0.5, 0.6) is 0 Å². The molecule has 1 aromatic carbocycles. The van der Waals surface area contributed by atoms with Gasteiger partial charge >= 0.3 is 0 Å². The number of benzene rings is 1. The van der Waals surface area contributed by atoms with Gasteiger partial charge in [-0.3, -0.25) is 14.9 Å². The highest BCUT2D eigenvalue weighted by molar-refractivity contribution is 6.03. The average Bonchev–Trinajstić information content (AvgIpc) is 2.64. The Morgan fingerprint density at radius 2 is 1.96 bits per heavy atom. The molecular weight excluding hydrogens is 322 g/mol. The SMILES string of the molecule is Cc1cc([N+](=O)[O-])ccc1NC(=O)c1cc(N2CCCCC2)ncn1. The highest BCUT2D eigenvalue weighted by Crippen LogP contribution is 2.22. The van der Waals surface area contributed by atoms with Gasteiger partial charge in [-0.05, 0) is 37.8 Å². The number of carbonyl (C=O) groups is 1. The number of rotatable bonds is 4. The zero-order valence-electron chi connectivity index (χ0n) is 13.9. The normalized spacial score (nSPS) is 14.2. The standard InChI is InChI=1S/C17H19N5O3/c1-12-9-13(22(24)25)5-6-14(12)20-17(23)15-10-16(19-11-18-15)21-7-3-2-4-8-21/h5-6,9-11H,2-4,7-8H2,1H3,(H,20,23). The monoisotopic (exact) mass is 341 g/mol. The topological polar surface area (TPSA) is 101 Å². The van der Waals surface area contributed by atoms with Crippen LogP contribution in [0.25, 0.3) is 0 Å². The molecule has 8 nitrogen and oxygen atoms in total. The third-order valence-corrected chi connectivity index (χ3v) is 4.23. The average molecular weight is 341 g/mol. The van der Waals surface area contributed by atoms with E-state index < -0.39 is 4.92 Å². The lowest BCUT2D eigenvalue weighted by atomic mass is 10.1. The zero-order valence-corrected chi connectivity index (χ0v) is 13.9. The lowest BCUT2D eigenvalue weighted by Gasteiger charge is -2.27. The van der Waals surface area contributed by atoms with E-state index in [1.165, 1.54) is 30.9 Å². The summed E-state index contributed by atoms with van der Waals surface area (Å²) in [7, 11) is 0. The molecule has 25 heavy (non-hydrogen) atoms. The first-order valence-electron chi connectivity index (χ1n) is 8.18. The van der Waals surface area contributed by atoms with E-state index in [9.17, 15) is 14.9 Å². The predicted molar refractivity (Wildman–Crippen MR) is 93.9 cm³/mol. The molecule has 0 bridgehead atoms. The summed E-state index contributed by atoms with van der Waals surface area (Å²) in [5.74, 6) is 0.387. The number of nitrogens with one attached hydrogen (secondary N) is 1. The number of hydrogen-bond acceptors (Lipinski definition) is 6. The van der Waals surface area contributed by atoms with E-state index in [1.54, 1.807) is 13.0 Å². The van der Waals surface area contributed by atoms with Crippen molar-refractivity contribution in [3.05, 3.63) is 52.0 Å². The van der Waals surface area contributed by atoms with Crippen molar-refractivity contribution >= 4 is 23.1 Å². The van der Waals surface area contributed by atoms with E-state index in [0.29, 0.717) is 11.3 Å². The second-order valence-corrected chi connectivity index (χ2v) is 6.02. The van der Waals surface area contributed by atoms with E-state index >= 15 is 0 Å². The van der Waals surface area contributed by atoms with Gasteiger partial charge in [0.2, 0.25) is 0 Å². The molecule has 130 valence electrons. The fourth-order valence-corrected chi connectivity index (χ4v) is 2.86. The summed E-state index contributed by atoms with van der Waals surface area (Å²) in [5.41, 5.74) is 1.40. The van der Waals surface area contributed by atoms with Crippen molar-refractivity contribution in [1.29, 1.82) is 0 Å². The Balaban J connectivity index is 1.76. The van der Waals surface area contributed by atoms with Gasteiger partial charge in [-0.15, -0.1) is 0 Å². The molecule has 1 aliphatic heterocycles. The molecule has 1 amide bonds. The Morgan fingerprint density at radius 1 is 1.20 bits per heavy atom. The molecule has 2 heterocycles. The van der Waals surface area contributed by atoms with Crippen LogP contribution < -0.4 is 10.2 Å². The third-order valence-electron chi connectivity index (χ3n) is 4.23. The lowest BCUT2D eigenvalue weighted by molar-refractivity contribution is -0.384. The van der Waals surface area contributed by atoms with Gasteiger partial charge in [0.15, 0.2) is 0 Å². The van der Waals surface area contributed by atoms with E-state index in [-0.39, 0.29) is 17.3 Å². The first-order chi connectivity index (χ1) is 12.0. The van der Waals surface area contributed by atoms with Crippen LogP contribution in [0.15, 0.2) is 30.6 Å². The Labute approximate surface area is 145 Å². The van der Waals surface area contributed by atoms with E-state index in [1.807, 2.05) is 0 Å². The summed E-state index contributed by atoms with van der Waals surface area (Å²) in [6.07, 6.45) is 4.84. The van der Waals surface area contributed by atoms with Crippen molar-refractivity contribution < 1.29 is 9.72 Å². The van der Waals surface area contributed by atoms with Crippen LogP contribution in [0.3, 0.4) is 0 Å². The summed E-state index contributed by atoms with van der Waals surface area (Å²) < 4.78 is 0. The highest BCUT2D eigenvalue weighted by Gasteiger charge is 2.16. The van der Waals surface area contributed by atoms with Crippen LogP contribution in [-0.2, 0) is 0 Å². The van der Waals surface area contributed by atoms with Gasteiger partial charge in [0.1, 0.15) is 17.8 Å². The number of piperidine rings is 1. The lowest BCUT2D eigenvalue weighted by Crippen LogP contribution is -2.30. The molecular formula is C17H19N5O3. The minimum atomic E-state index is -0.464. The van der Waals surface area contributed by atoms with Crippen molar-refractivity contribution in [2.45, 2.75) is 26.2 Å². The number of nitrogens with zero attached hydrogens (tertiary/aromatic N) is 4. The molecule has 1 fully saturated rings. The van der Waals surface area contributed by atoms with Gasteiger partial charge < -0.3 is 10.2 Å². The molecule has 2 aromatic rings. The van der Waals surface area contributed by atoms with Crippen LogP contribution in [0.2, 0.25) is 0 Å². The second-order valence-electron chi connectivity index (χ2n) is 6.02. The highest BCUT2D eigenvalue weighted by atomic mass is 16.6. The molecule has 0 radical (unpaired) electrons. The number of nitro groups is 1. The Bertz CT molecular complexity index is 803. The number of aryl methyl sites for hydroxylation is 1. The molecule has 0 spiro atoms. The molecule has 0 aliphatic carbocycles. The molecule has 1 aliphatic rings. The summed E-state index contributed by atoms with van der Waals surface area (Å²) in [6.45, 7) is 3.57. The van der Waals surface area contributed by atoms with Crippen molar-refractivity contribution in [1.82, 2.24) is 9.97 Å². The largest absolute Gasteiger partial charge is 0.357 e. The number of nitro benzene ring substituents is 1. The summed E-state index contributed by atoms with van der Waals surface area (Å²) >= 11 is 0. The van der Waals surface area contributed by atoms with Crippen LogP contribution in [0.1, 0.15) is 35.3 Å². The maximum Gasteiger partial charge on any atom is 0.274 e. The molecule has 8 heteroatoms. The Kier molecular flexibility index (Phi) is 4.87. The fraction of sp³-hybridized carbons (Fsp3) is 0.353. The molecule has 0 atom stereocenters. The van der Waals surface area contributed by atoms with Gasteiger partial charge in [0.25, 0.3) is 11.6 Å². The van der Waals surface area contributed by atoms with Gasteiger partial charge in [-0.2, -0.15) is 0 Å². The van der Waals surface area contributed by atoms with Crippen LogP contribution in [-0.4, -0.2) is 33.9 Å². The number of non-ortho nitro benzene ring substituents is 1. The quantitative estimate of drug-likeness (QED) is 0.678. The summed E-state index contributed by atoms with van der Waals surface area (Å²) in [6, 6.07) is 6.00. The maximum absolute atomic E-state index is 12.5. The van der Waals surface area contributed by atoms with E-state index in [2.05, 4.69) is 20.2 Å². The van der Waals surface area contributed by atoms with Gasteiger partial charge in [0, 0.05) is 37.0 Å². The third kappa shape index (κ3) is 3.90. The summed E-state index contributed by atoms with van der Waals surface area (Å²) in [4.78, 5) is 33.3. The smallest absolute Gasteiger partial charge is 0.274 e. The molecule has 0 saturated carbocycles. The first-order valence-corrected chi connectivity index (χ1v) is 8.18. The van der Waals surface area contributed by atoms with Gasteiger partial charge in [0.05, 0.1) is 4.92 Å². The van der Waals surface area contributed by atoms with Crippen LogP contribution in [0, 0.1) is 17.0 Å². The first kappa shape index (κ1) is 16.8. The summed E-state index contributed by atoms with van der Waals surface area (Å²) in [5, 5.41) is 13.5. The Hall–Kier alpha value is -3.03. The maximum atomic E-state index is 12.5. The van der Waals surface area contributed by atoms with Crippen molar-refractivity contribution in [2.75, 3.05) is 23.3 Å². The van der Waals surface area contributed by atoms with Gasteiger partial charge in [-0.25, -0.2) is 9.97 Å². The number of carbonyl (C=O) groups excluding carboxylic acids is 1. The predicted octanol–water partition coefficient (Wildman–Crippen LogP) is 2.94.